The van der Waals surface area contributed by atoms with Crippen molar-refractivity contribution >= 4 is 11.9 Å². The maximum absolute atomic E-state index is 12.4. The molecule has 0 aromatic heterocycles. The molecule has 0 aliphatic rings. The van der Waals surface area contributed by atoms with Crippen molar-refractivity contribution in [2.24, 2.45) is 0 Å². The van der Waals surface area contributed by atoms with Gasteiger partial charge in [-0.05, 0) is 77.0 Å². The van der Waals surface area contributed by atoms with Crippen LogP contribution in [0.1, 0.15) is 303 Å². The molecule has 6 heteroatoms. The molecular formula is C59H111NO5. The van der Waals surface area contributed by atoms with Gasteiger partial charge in [-0.25, -0.2) is 0 Å². The van der Waals surface area contributed by atoms with Gasteiger partial charge in [0.1, 0.15) is 0 Å². The molecule has 0 bridgehead atoms. The van der Waals surface area contributed by atoms with Gasteiger partial charge in [-0.1, -0.05) is 249 Å². The first kappa shape index (κ1) is 63.1. The molecule has 0 radical (unpaired) electrons. The van der Waals surface area contributed by atoms with E-state index in [2.05, 4.69) is 55.6 Å². The molecule has 0 aliphatic carbocycles. The Morgan fingerprint density at radius 3 is 1.23 bits per heavy atom. The highest BCUT2D eigenvalue weighted by Gasteiger charge is 2.20. The molecule has 0 saturated carbocycles. The second kappa shape index (κ2) is 54.7. The molecule has 0 aliphatic heterocycles. The first-order valence-corrected chi connectivity index (χ1v) is 28.7. The topological polar surface area (TPSA) is 95.9 Å². The third kappa shape index (κ3) is 51.3. The van der Waals surface area contributed by atoms with Crippen LogP contribution < -0.4 is 5.32 Å². The number of aliphatic hydroxyl groups is 2. The highest BCUT2D eigenvalue weighted by Crippen LogP contribution is 2.16. The van der Waals surface area contributed by atoms with Crippen molar-refractivity contribution in [3.05, 3.63) is 36.5 Å². The highest BCUT2D eigenvalue weighted by atomic mass is 16.5. The average molecular weight is 915 g/mol. The summed E-state index contributed by atoms with van der Waals surface area (Å²) in [5.41, 5.74) is 0. The largest absolute Gasteiger partial charge is 0.466 e. The molecule has 2 unspecified atom stereocenters. The van der Waals surface area contributed by atoms with Crippen molar-refractivity contribution in [3.8, 4) is 0 Å². The zero-order valence-corrected chi connectivity index (χ0v) is 43.5. The lowest BCUT2D eigenvalue weighted by atomic mass is 10.0. The molecule has 0 aromatic carbocycles. The second-order valence-electron chi connectivity index (χ2n) is 19.6. The second-order valence-corrected chi connectivity index (χ2v) is 19.6. The number of rotatable bonds is 53. The van der Waals surface area contributed by atoms with Gasteiger partial charge in [0.15, 0.2) is 0 Å². The fourth-order valence-electron chi connectivity index (χ4n) is 8.71. The van der Waals surface area contributed by atoms with Crippen molar-refractivity contribution in [2.75, 3.05) is 13.2 Å². The number of carbonyl (C=O) groups excluding carboxylic acids is 2. The van der Waals surface area contributed by atoms with Crippen LogP contribution in [0.2, 0.25) is 0 Å². The van der Waals surface area contributed by atoms with E-state index in [9.17, 15) is 19.8 Å². The van der Waals surface area contributed by atoms with E-state index in [0.717, 1.165) is 51.4 Å². The minimum absolute atomic E-state index is 0.00162. The zero-order chi connectivity index (χ0) is 47.2. The fraction of sp³-hybridized carbons (Fsp3) is 0.864. The molecule has 0 aromatic rings. The number of esters is 1. The molecule has 0 heterocycles. The summed E-state index contributed by atoms with van der Waals surface area (Å²) < 4.78 is 5.47. The van der Waals surface area contributed by atoms with Crippen LogP contribution in [0.3, 0.4) is 0 Å². The zero-order valence-electron chi connectivity index (χ0n) is 43.5. The number of hydrogen-bond acceptors (Lipinski definition) is 5. The van der Waals surface area contributed by atoms with E-state index in [4.69, 9.17) is 4.74 Å². The van der Waals surface area contributed by atoms with Crippen LogP contribution in [0.5, 0.6) is 0 Å². The van der Waals surface area contributed by atoms with Gasteiger partial charge < -0.3 is 20.3 Å². The molecule has 0 fully saturated rings. The van der Waals surface area contributed by atoms with Crippen LogP contribution in [-0.4, -0.2) is 47.4 Å². The van der Waals surface area contributed by atoms with Crippen LogP contribution in [0.25, 0.3) is 0 Å². The molecule has 0 rings (SSSR count). The van der Waals surface area contributed by atoms with Crippen LogP contribution >= 0.6 is 0 Å². The van der Waals surface area contributed by atoms with Gasteiger partial charge in [0, 0.05) is 12.8 Å². The summed E-state index contributed by atoms with van der Waals surface area (Å²) >= 11 is 0. The normalized spacial score (nSPS) is 12.9. The molecule has 0 spiro atoms. The standard InChI is InChI=1S/C59H111NO5/c1-3-5-7-9-11-13-14-15-30-33-37-41-45-49-53-59(64)65-54-50-46-42-38-34-31-28-26-24-22-20-18-16-17-19-21-23-25-27-29-32-36-40-44-48-52-58(63)60-56(55-61)57(62)51-47-43-39-35-12-10-8-6-4-2/h9,11,14-15,17,19,56-57,61-62H,3-8,10,12-13,16,18,20-55H2,1-2H3,(H,60,63)/b11-9-,15-14-,19-17-. The van der Waals surface area contributed by atoms with Crippen molar-refractivity contribution in [1.29, 1.82) is 0 Å². The number of ether oxygens (including phenoxy) is 1. The quantitative estimate of drug-likeness (QED) is 0.0321. The van der Waals surface area contributed by atoms with Gasteiger partial charge in [-0.2, -0.15) is 0 Å². The van der Waals surface area contributed by atoms with E-state index in [-0.39, 0.29) is 18.5 Å². The van der Waals surface area contributed by atoms with Gasteiger partial charge in [0.05, 0.1) is 25.4 Å². The smallest absolute Gasteiger partial charge is 0.305 e. The number of allylic oxidation sites excluding steroid dienone is 6. The Morgan fingerprint density at radius 1 is 0.431 bits per heavy atom. The molecule has 65 heavy (non-hydrogen) atoms. The lowest BCUT2D eigenvalue weighted by Gasteiger charge is -2.22. The first-order valence-electron chi connectivity index (χ1n) is 28.7. The van der Waals surface area contributed by atoms with Gasteiger partial charge in [-0.15, -0.1) is 0 Å². The van der Waals surface area contributed by atoms with Crippen LogP contribution in [0, 0.1) is 0 Å². The Kier molecular flexibility index (Phi) is 53.1. The van der Waals surface area contributed by atoms with E-state index in [1.54, 1.807) is 0 Å². The summed E-state index contributed by atoms with van der Waals surface area (Å²) in [7, 11) is 0. The minimum atomic E-state index is -0.664. The molecule has 3 N–H and O–H groups in total. The maximum Gasteiger partial charge on any atom is 0.305 e. The van der Waals surface area contributed by atoms with Gasteiger partial charge in [0.2, 0.25) is 5.91 Å². The van der Waals surface area contributed by atoms with Crippen molar-refractivity contribution < 1.29 is 24.5 Å². The third-order valence-electron chi connectivity index (χ3n) is 13.2. The summed E-state index contributed by atoms with van der Waals surface area (Å²) in [5, 5.41) is 23.1. The van der Waals surface area contributed by atoms with Gasteiger partial charge in [-0.3, -0.25) is 9.59 Å². The monoisotopic (exact) mass is 914 g/mol. The number of amides is 1. The number of carbonyl (C=O) groups is 2. The molecular weight excluding hydrogens is 803 g/mol. The Balaban J connectivity index is 3.38. The molecule has 1 amide bonds. The van der Waals surface area contributed by atoms with E-state index < -0.39 is 12.1 Å². The fourth-order valence-corrected chi connectivity index (χ4v) is 8.71. The van der Waals surface area contributed by atoms with Gasteiger partial charge in [0.25, 0.3) is 0 Å². The van der Waals surface area contributed by atoms with E-state index in [1.807, 2.05) is 0 Å². The Labute approximate surface area is 404 Å². The number of unbranched alkanes of at least 4 members (excludes halogenated alkanes) is 36. The van der Waals surface area contributed by atoms with E-state index >= 15 is 0 Å². The Hall–Kier alpha value is -1.92. The maximum atomic E-state index is 12.4. The predicted molar refractivity (Wildman–Crippen MR) is 283 cm³/mol. The first-order chi connectivity index (χ1) is 32.0. The van der Waals surface area contributed by atoms with Gasteiger partial charge >= 0.3 is 5.97 Å². The summed E-state index contributed by atoms with van der Waals surface area (Å²) in [4.78, 5) is 24.4. The molecule has 382 valence electrons. The highest BCUT2D eigenvalue weighted by molar-refractivity contribution is 5.76. The summed E-state index contributed by atoms with van der Waals surface area (Å²) in [6, 6.07) is -0.542. The lowest BCUT2D eigenvalue weighted by molar-refractivity contribution is -0.143. The average Bonchev–Trinajstić information content (AvgIpc) is 3.31. The van der Waals surface area contributed by atoms with Crippen LogP contribution in [0.15, 0.2) is 36.5 Å². The minimum Gasteiger partial charge on any atom is -0.466 e. The van der Waals surface area contributed by atoms with E-state index in [1.165, 1.54) is 218 Å². The van der Waals surface area contributed by atoms with Crippen LogP contribution in [-0.2, 0) is 14.3 Å². The molecule has 0 saturated heterocycles. The molecule has 2 atom stereocenters. The SMILES string of the molecule is CCCC/C=C\C/C=C\CCCCCCCC(=O)OCCCCCCCCCCCCCC/C=C\CCCCCCCCCCCC(=O)NC(CO)C(O)CCCCCCCCCCC. The summed E-state index contributed by atoms with van der Waals surface area (Å²) in [5.74, 6) is -0.0423. The van der Waals surface area contributed by atoms with Crippen molar-refractivity contribution in [1.82, 2.24) is 5.32 Å². The number of hydrogen-bond donors (Lipinski definition) is 3. The third-order valence-corrected chi connectivity index (χ3v) is 13.2. The summed E-state index contributed by atoms with van der Waals surface area (Å²) in [6.07, 6.45) is 67.2. The lowest BCUT2D eigenvalue weighted by Crippen LogP contribution is -2.45. The predicted octanol–water partition coefficient (Wildman–Crippen LogP) is 17.6. The number of aliphatic hydroxyl groups excluding tert-OH is 2. The van der Waals surface area contributed by atoms with Crippen molar-refractivity contribution in [2.45, 2.75) is 315 Å². The molecule has 6 nitrogen and oxygen atoms in total. The van der Waals surface area contributed by atoms with Crippen molar-refractivity contribution in [3.63, 3.8) is 0 Å². The van der Waals surface area contributed by atoms with E-state index in [0.29, 0.717) is 25.9 Å². The summed E-state index contributed by atoms with van der Waals surface area (Å²) in [6.45, 7) is 4.88. The number of nitrogens with one attached hydrogen (secondary N) is 1. The Bertz CT molecular complexity index is 1060. The van der Waals surface area contributed by atoms with Crippen LogP contribution in [0.4, 0.5) is 0 Å². The Morgan fingerprint density at radius 2 is 0.785 bits per heavy atom.